The fraction of sp³-hybridized carbons (Fsp3) is 0.125. The third kappa shape index (κ3) is 5.89. The van der Waals surface area contributed by atoms with E-state index in [-0.39, 0.29) is 11.7 Å². The van der Waals surface area contributed by atoms with Crippen molar-refractivity contribution in [3.63, 3.8) is 0 Å². The number of aromatic hydroxyl groups is 1. The summed E-state index contributed by atoms with van der Waals surface area (Å²) >= 11 is 10.8. The number of nitrogens with zero attached hydrogens (tertiary/aromatic N) is 1. The highest BCUT2D eigenvalue weighted by molar-refractivity contribution is 9.10. The third-order valence-corrected chi connectivity index (χ3v) is 4.82. The molecule has 2 aromatic rings. The lowest BCUT2D eigenvalue weighted by Crippen LogP contribution is -2.19. The van der Waals surface area contributed by atoms with Crippen LogP contribution in [0.5, 0.6) is 5.75 Å². The van der Waals surface area contributed by atoms with Crippen LogP contribution in [0.1, 0.15) is 11.1 Å². The van der Waals surface area contributed by atoms with E-state index in [1.165, 1.54) is 24.0 Å². The molecule has 0 spiro atoms. The van der Waals surface area contributed by atoms with E-state index in [2.05, 4.69) is 26.5 Å². The number of nitrogens with one attached hydrogen (secondary N) is 1. The Morgan fingerprint density at radius 1 is 1.35 bits per heavy atom. The van der Waals surface area contributed by atoms with Crippen LogP contribution < -0.4 is 5.43 Å². The molecule has 0 aliphatic carbocycles. The Bertz CT molecular complexity index is 725. The molecule has 2 N–H and O–H groups in total. The largest absolute Gasteiger partial charge is 0.507 e. The number of benzene rings is 2. The first-order valence-corrected chi connectivity index (χ1v) is 9.00. The van der Waals surface area contributed by atoms with E-state index in [4.69, 9.17) is 11.6 Å². The Labute approximate surface area is 152 Å². The fourth-order valence-electron chi connectivity index (χ4n) is 1.70. The van der Waals surface area contributed by atoms with Gasteiger partial charge in [0, 0.05) is 20.8 Å². The molecule has 0 aliphatic heterocycles. The molecular weight excluding hydrogens is 400 g/mol. The second kappa shape index (κ2) is 8.96. The number of halogens is 2. The highest BCUT2D eigenvalue weighted by atomic mass is 79.9. The number of rotatable bonds is 6. The predicted molar refractivity (Wildman–Crippen MR) is 99.2 cm³/mol. The van der Waals surface area contributed by atoms with Crippen LogP contribution in [0.3, 0.4) is 0 Å². The summed E-state index contributed by atoms with van der Waals surface area (Å²) in [5.41, 5.74) is 4.00. The molecule has 4 nitrogen and oxygen atoms in total. The summed E-state index contributed by atoms with van der Waals surface area (Å²) < 4.78 is 1.03. The van der Waals surface area contributed by atoms with Crippen LogP contribution in [0.2, 0.25) is 5.02 Å². The van der Waals surface area contributed by atoms with Gasteiger partial charge in [-0.3, -0.25) is 4.79 Å². The maximum atomic E-state index is 11.7. The molecule has 2 aromatic carbocycles. The van der Waals surface area contributed by atoms with Crippen LogP contribution in [0.15, 0.2) is 52.0 Å². The highest BCUT2D eigenvalue weighted by Crippen LogP contribution is 2.21. The number of hydrogen-bond acceptors (Lipinski definition) is 4. The number of hydrogen-bond donors (Lipinski definition) is 2. The lowest BCUT2D eigenvalue weighted by molar-refractivity contribution is -0.118. The van der Waals surface area contributed by atoms with Gasteiger partial charge in [-0.05, 0) is 29.8 Å². The van der Waals surface area contributed by atoms with Gasteiger partial charge in [0.2, 0.25) is 5.91 Å². The topological polar surface area (TPSA) is 61.7 Å². The summed E-state index contributed by atoms with van der Waals surface area (Å²) in [7, 11) is 0. The molecule has 7 heteroatoms. The Balaban J connectivity index is 1.78. The van der Waals surface area contributed by atoms with E-state index in [0.717, 1.165) is 15.8 Å². The number of carbonyl (C=O) groups is 1. The Morgan fingerprint density at radius 2 is 2.13 bits per heavy atom. The van der Waals surface area contributed by atoms with Gasteiger partial charge in [0.15, 0.2) is 0 Å². The summed E-state index contributed by atoms with van der Waals surface area (Å²) in [5, 5.41) is 13.9. The van der Waals surface area contributed by atoms with Crippen molar-refractivity contribution in [2.24, 2.45) is 5.10 Å². The molecule has 1 amide bonds. The van der Waals surface area contributed by atoms with Gasteiger partial charge in [-0.15, -0.1) is 11.8 Å². The van der Waals surface area contributed by atoms with E-state index < -0.39 is 0 Å². The van der Waals surface area contributed by atoms with Gasteiger partial charge in [-0.2, -0.15) is 5.10 Å². The van der Waals surface area contributed by atoms with Gasteiger partial charge < -0.3 is 5.11 Å². The second-order valence-electron chi connectivity index (χ2n) is 4.58. The molecule has 0 saturated heterocycles. The fourth-order valence-corrected chi connectivity index (χ4v) is 3.32. The number of hydrazone groups is 1. The van der Waals surface area contributed by atoms with Crippen molar-refractivity contribution >= 4 is 51.4 Å². The SMILES string of the molecule is O=C(CSCc1ccccc1Br)NN=Cc1cc(Cl)ccc1O. The van der Waals surface area contributed by atoms with E-state index in [1.807, 2.05) is 24.3 Å². The molecule has 2 rings (SSSR count). The van der Waals surface area contributed by atoms with Crippen molar-refractivity contribution in [3.8, 4) is 5.75 Å². The second-order valence-corrected chi connectivity index (χ2v) is 6.86. The first kappa shape index (κ1) is 17.8. The predicted octanol–water partition coefficient (Wildman–Crippen LogP) is 4.19. The molecule has 120 valence electrons. The van der Waals surface area contributed by atoms with Crippen molar-refractivity contribution in [1.82, 2.24) is 5.43 Å². The average molecular weight is 414 g/mol. The minimum Gasteiger partial charge on any atom is -0.507 e. The van der Waals surface area contributed by atoms with Crippen LogP contribution in [0.25, 0.3) is 0 Å². The average Bonchev–Trinajstić information content (AvgIpc) is 2.52. The third-order valence-electron chi connectivity index (χ3n) is 2.83. The molecular formula is C16H14BrClN2O2S. The van der Waals surface area contributed by atoms with Crippen LogP contribution in [-0.2, 0) is 10.5 Å². The molecule has 0 heterocycles. The van der Waals surface area contributed by atoms with Crippen molar-refractivity contribution in [3.05, 3.63) is 63.1 Å². The van der Waals surface area contributed by atoms with Gasteiger partial charge >= 0.3 is 0 Å². The number of phenols is 1. The molecule has 0 bridgehead atoms. The maximum Gasteiger partial charge on any atom is 0.250 e. The number of phenolic OH excluding ortho intramolecular Hbond substituents is 1. The minimum atomic E-state index is -0.208. The van der Waals surface area contributed by atoms with Crippen LogP contribution >= 0.6 is 39.3 Å². The summed E-state index contributed by atoms with van der Waals surface area (Å²) in [6.45, 7) is 0. The summed E-state index contributed by atoms with van der Waals surface area (Å²) in [6, 6.07) is 12.5. The zero-order valence-electron chi connectivity index (χ0n) is 12.0. The van der Waals surface area contributed by atoms with Gasteiger partial charge in [-0.25, -0.2) is 5.43 Å². The standard InChI is InChI=1S/C16H14BrClN2O2S/c17-14-4-2-1-3-11(14)9-23-10-16(22)20-19-8-12-7-13(18)5-6-15(12)21/h1-8,21H,9-10H2,(H,20,22). The zero-order chi connectivity index (χ0) is 16.7. The molecule has 0 aromatic heterocycles. The lowest BCUT2D eigenvalue weighted by Gasteiger charge is -2.04. The van der Waals surface area contributed by atoms with Gasteiger partial charge in [-0.1, -0.05) is 45.7 Å². The molecule has 23 heavy (non-hydrogen) atoms. The zero-order valence-corrected chi connectivity index (χ0v) is 15.2. The van der Waals surface area contributed by atoms with E-state index in [1.54, 1.807) is 12.1 Å². The van der Waals surface area contributed by atoms with Crippen molar-refractivity contribution in [2.75, 3.05) is 5.75 Å². The van der Waals surface area contributed by atoms with E-state index in [0.29, 0.717) is 16.3 Å². The first-order chi connectivity index (χ1) is 11.1. The molecule has 0 unspecified atom stereocenters. The monoisotopic (exact) mass is 412 g/mol. The van der Waals surface area contributed by atoms with Crippen molar-refractivity contribution in [2.45, 2.75) is 5.75 Å². The van der Waals surface area contributed by atoms with Crippen LogP contribution in [0, 0.1) is 0 Å². The van der Waals surface area contributed by atoms with Crippen LogP contribution in [-0.4, -0.2) is 23.0 Å². The molecule has 0 aliphatic rings. The lowest BCUT2D eigenvalue weighted by atomic mass is 10.2. The quantitative estimate of drug-likeness (QED) is 0.551. The number of carbonyl (C=O) groups excluding carboxylic acids is 1. The number of thioether (sulfide) groups is 1. The summed E-state index contributed by atoms with van der Waals surface area (Å²) in [5.74, 6) is 0.865. The smallest absolute Gasteiger partial charge is 0.250 e. The summed E-state index contributed by atoms with van der Waals surface area (Å²) in [4.78, 5) is 11.7. The normalized spacial score (nSPS) is 10.9. The molecule has 0 radical (unpaired) electrons. The van der Waals surface area contributed by atoms with E-state index >= 15 is 0 Å². The minimum absolute atomic E-state index is 0.0516. The Morgan fingerprint density at radius 3 is 2.91 bits per heavy atom. The highest BCUT2D eigenvalue weighted by Gasteiger charge is 2.03. The number of amides is 1. The Hall–Kier alpha value is -1.50. The first-order valence-electron chi connectivity index (χ1n) is 6.68. The maximum absolute atomic E-state index is 11.7. The van der Waals surface area contributed by atoms with Gasteiger partial charge in [0.25, 0.3) is 0 Å². The molecule has 0 saturated carbocycles. The van der Waals surface area contributed by atoms with E-state index in [9.17, 15) is 9.90 Å². The van der Waals surface area contributed by atoms with Crippen molar-refractivity contribution < 1.29 is 9.90 Å². The Kier molecular flexibility index (Phi) is 6.95. The van der Waals surface area contributed by atoms with Crippen molar-refractivity contribution in [1.29, 1.82) is 0 Å². The van der Waals surface area contributed by atoms with Gasteiger partial charge in [0.05, 0.1) is 12.0 Å². The molecule has 0 fully saturated rings. The van der Waals surface area contributed by atoms with Crippen LogP contribution in [0.4, 0.5) is 0 Å². The molecule has 0 atom stereocenters. The van der Waals surface area contributed by atoms with Gasteiger partial charge in [0.1, 0.15) is 5.75 Å². The summed E-state index contributed by atoms with van der Waals surface area (Å²) in [6.07, 6.45) is 1.36.